The van der Waals surface area contributed by atoms with Gasteiger partial charge in [0.05, 0.1) is 5.75 Å². The predicted molar refractivity (Wildman–Crippen MR) is 128 cm³/mol. The van der Waals surface area contributed by atoms with Crippen molar-refractivity contribution in [3.63, 3.8) is 0 Å². The van der Waals surface area contributed by atoms with Gasteiger partial charge in [-0.25, -0.2) is 13.2 Å². The number of fused-ring (bicyclic) bond motifs is 2. The van der Waals surface area contributed by atoms with Crippen LogP contribution < -0.4 is 0 Å². The molecule has 0 spiro atoms. The van der Waals surface area contributed by atoms with Crippen LogP contribution in [0.3, 0.4) is 0 Å². The minimum Gasteiger partial charge on any atom is -0.457 e. The van der Waals surface area contributed by atoms with Crippen LogP contribution in [0.5, 0.6) is 0 Å². The van der Waals surface area contributed by atoms with Crippen LogP contribution in [0.1, 0.15) is 97.3 Å². The minimum absolute atomic E-state index is 0.0726. The van der Waals surface area contributed by atoms with Gasteiger partial charge in [-0.05, 0) is 56.3 Å². The van der Waals surface area contributed by atoms with Crippen molar-refractivity contribution >= 4 is 27.6 Å². The van der Waals surface area contributed by atoms with Gasteiger partial charge in [-0.1, -0.05) is 70.6 Å². The SMILES string of the molecule is C=C(Cl)C(=O)O[C@@H]1C[C@H]2CC[C@]1(CS(=O)(=O)N(C1CCCCC1)C1CCCCC1)C2(C)C. The lowest BCUT2D eigenvalue weighted by atomic mass is 9.69. The van der Waals surface area contributed by atoms with E-state index in [-0.39, 0.29) is 28.3 Å². The van der Waals surface area contributed by atoms with Gasteiger partial charge in [-0.3, -0.25) is 0 Å². The van der Waals surface area contributed by atoms with Gasteiger partial charge in [0.15, 0.2) is 0 Å². The summed E-state index contributed by atoms with van der Waals surface area (Å²) in [5, 5.41) is -0.144. The number of halogens is 1. The zero-order valence-corrected chi connectivity index (χ0v) is 21.4. The molecule has 0 aromatic carbocycles. The Morgan fingerprint density at radius 3 is 2.00 bits per heavy atom. The van der Waals surface area contributed by atoms with Gasteiger partial charge < -0.3 is 4.74 Å². The van der Waals surface area contributed by atoms with Gasteiger partial charge in [0.1, 0.15) is 11.1 Å². The highest BCUT2D eigenvalue weighted by Gasteiger charge is 2.67. The van der Waals surface area contributed by atoms with E-state index in [1.165, 1.54) is 12.8 Å². The third-order valence-corrected chi connectivity index (χ3v) is 11.7. The first-order chi connectivity index (χ1) is 15.1. The van der Waals surface area contributed by atoms with Gasteiger partial charge in [0.2, 0.25) is 10.0 Å². The van der Waals surface area contributed by atoms with Crippen LogP contribution in [0.4, 0.5) is 0 Å². The molecule has 0 unspecified atom stereocenters. The Kier molecular flexibility index (Phi) is 7.07. The van der Waals surface area contributed by atoms with E-state index in [0.717, 1.165) is 64.2 Å². The smallest absolute Gasteiger partial charge is 0.349 e. The summed E-state index contributed by atoms with van der Waals surface area (Å²) in [4.78, 5) is 12.3. The number of hydrogen-bond donors (Lipinski definition) is 0. The molecule has 7 heteroatoms. The Balaban J connectivity index is 1.65. The number of ether oxygens (including phenoxy) is 1. The minimum atomic E-state index is -3.52. The second kappa shape index (κ2) is 9.22. The molecule has 0 radical (unpaired) electrons. The molecule has 4 aliphatic rings. The zero-order valence-electron chi connectivity index (χ0n) is 19.8. The monoisotopic (exact) mass is 485 g/mol. The van der Waals surface area contributed by atoms with Crippen molar-refractivity contribution in [3.8, 4) is 0 Å². The summed E-state index contributed by atoms with van der Waals surface area (Å²) in [5.74, 6) is -0.187. The fourth-order valence-corrected chi connectivity index (χ4v) is 10.4. The molecule has 32 heavy (non-hydrogen) atoms. The topological polar surface area (TPSA) is 63.7 Å². The lowest BCUT2D eigenvalue weighted by Crippen LogP contribution is -2.54. The van der Waals surface area contributed by atoms with Crippen molar-refractivity contribution in [2.24, 2.45) is 16.7 Å². The average molecular weight is 486 g/mol. The molecule has 3 atom stereocenters. The van der Waals surface area contributed by atoms with E-state index in [4.69, 9.17) is 16.3 Å². The summed E-state index contributed by atoms with van der Waals surface area (Å²) in [6.45, 7) is 7.86. The third kappa shape index (κ3) is 4.29. The molecule has 4 aliphatic carbocycles. The zero-order chi connectivity index (χ0) is 23.1. The molecule has 0 heterocycles. The van der Waals surface area contributed by atoms with Crippen molar-refractivity contribution in [2.45, 2.75) is 116 Å². The molecule has 4 fully saturated rings. The molecule has 2 bridgehead atoms. The number of nitrogens with zero attached hydrogens (tertiary/aromatic N) is 1. The van der Waals surface area contributed by atoms with Gasteiger partial charge >= 0.3 is 5.97 Å². The lowest BCUT2D eigenvalue weighted by Gasteiger charge is -2.46. The maximum atomic E-state index is 14.3. The van der Waals surface area contributed by atoms with Crippen LogP contribution in [0.25, 0.3) is 0 Å². The molecule has 4 rings (SSSR count). The van der Waals surface area contributed by atoms with Gasteiger partial charge in [0, 0.05) is 17.5 Å². The van der Waals surface area contributed by atoms with Crippen molar-refractivity contribution < 1.29 is 17.9 Å². The Labute approximate surface area is 199 Å². The summed E-state index contributed by atoms with van der Waals surface area (Å²) in [6.07, 6.45) is 12.8. The van der Waals surface area contributed by atoms with E-state index in [0.29, 0.717) is 12.3 Å². The van der Waals surface area contributed by atoms with E-state index in [1.807, 2.05) is 4.31 Å². The fraction of sp³-hybridized carbons (Fsp3) is 0.880. The summed E-state index contributed by atoms with van der Waals surface area (Å²) < 4.78 is 36.3. The predicted octanol–water partition coefficient (Wildman–Crippen LogP) is 5.77. The van der Waals surface area contributed by atoms with Crippen LogP contribution in [0, 0.1) is 16.7 Å². The van der Waals surface area contributed by atoms with Crippen LogP contribution in [-0.2, 0) is 19.6 Å². The Morgan fingerprint density at radius 2 is 1.53 bits per heavy atom. The lowest BCUT2D eigenvalue weighted by molar-refractivity contribution is -0.151. The molecular formula is C25H40ClNO4S. The van der Waals surface area contributed by atoms with E-state index in [9.17, 15) is 13.2 Å². The van der Waals surface area contributed by atoms with Crippen molar-refractivity contribution in [2.75, 3.05) is 5.75 Å². The molecule has 0 aliphatic heterocycles. The Hall–Kier alpha value is -0.590. The number of esters is 1. The second-order valence-electron chi connectivity index (χ2n) is 11.3. The highest BCUT2D eigenvalue weighted by molar-refractivity contribution is 7.89. The average Bonchev–Trinajstić information content (AvgIpc) is 3.09. The van der Waals surface area contributed by atoms with Crippen LogP contribution in [0.15, 0.2) is 11.6 Å². The van der Waals surface area contributed by atoms with Gasteiger partial charge in [0.25, 0.3) is 0 Å². The van der Waals surface area contributed by atoms with Gasteiger partial charge in [-0.2, -0.15) is 4.31 Å². The molecule has 5 nitrogen and oxygen atoms in total. The standard InChI is InChI=1S/C25H40ClNO4S/c1-18(26)23(28)31-22-16-19-14-15-25(22,24(19,2)3)17-32(29,30)27(20-10-6-4-7-11-20)21-12-8-5-9-13-21/h19-22H,1,4-17H2,2-3H3/t19-,22-,25-/m1/s1. The summed E-state index contributed by atoms with van der Waals surface area (Å²) in [7, 11) is -3.52. The third-order valence-electron chi connectivity index (χ3n) is 9.46. The summed E-state index contributed by atoms with van der Waals surface area (Å²) in [5.41, 5.74) is -0.774. The quantitative estimate of drug-likeness (QED) is 0.339. The number of rotatable bonds is 7. The van der Waals surface area contributed by atoms with E-state index >= 15 is 0 Å². The van der Waals surface area contributed by atoms with E-state index in [1.54, 1.807) is 0 Å². The molecular weight excluding hydrogens is 446 g/mol. The molecule has 0 aromatic rings. The van der Waals surface area contributed by atoms with Crippen LogP contribution in [-0.4, -0.2) is 42.6 Å². The molecule has 4 saturated carbocycles. The first kappa shape index (κ1) is 24.5. The van der Waals surface area contributed by atoms with E-state index < -0.39 is 27.5 Å². The second-order valence-corrected chi connectivity index (χ2v) is 13.6. The number of carbonyl (C=O) groups is 1. The molecule has 0 aromatic heterocycles. The van der Waals surface area contributed by atoms with E-state index in [2.05, 4.69) is 20.4 Å². The summed E-state index contributed by atoms with van der Waals surface area (Å²) >= 11 is 5.82. The van der Waals surface area contributed by atoms with Crippen LogP contribution in [0.2, 0.25) is 0 Å². The first-order valence-corrected chi connectivity index (χ1v) is 14.6. The maximum absolute atomic E-state index is 14.3. The number of carbonyl (C=O) groups excluding carboxylic acids is 1. The van der Waals surface area contributed by atoms with Gasteiger partial charge in [-0.15, -0.1) is 0 Å². The maximum Gasteiger partial charge on any atom is 0.349 e. The highest BCUT2D eigenvalue weighted by atomic mass is 35.5. The molecule has 0 saturated heterocycles. The highest BCUT2D eigenvalue weighted by Crippen LogP contribution is 2.67. The first-order valence-electron chi connectivity index (χ1n) is 12.6. The fourth-order valence-electron chi connectivity index (χ4n) is 7.52. The van der Waals surface area contributed by atoms with Crippen LogP contribution >= 0.6 is 11.6 Å². The number of hydrogen-bond acceptors (Lipinski definition) is 4. The van der Waals surface area contributed by atoms with Crippen molar-refractivity contribution in [3.05, 3.63) is 11.6 Å². The molecule has 0 N–H and O–H groups in total. The summed E-state index contributed by atoms with van der Waals surface area (Å²) in [6, 6.07) is 0.247. The largest absolute Gasteiger partial charge is 0.457 e. The Bertz CT molecular complexity index is 811. The molecule has 0 amide bonds. The molecule has 182 valence electrons. The normalized spacial score (nSPS) is 33.5. The van der Waals surface area contributed by atoms with Crippen molar-refractivity contribution in [1.82, 2.24) is 4.31 Å². The number of sulfonamides is 1. The Morgan fingerprint density at radius 1 is 1.00 bits per heavy atom. The van der Waals surface area contributed by atoms with Crippen molar-refractivity contribution in [1.29, 1.82) is 0 Å².